The zero-order valence-electron chi connectivity index (χ0n) is 4.66. The second-order valence-electron chi connectivity index (χ2n) is 1.91. The summed E-state index contributed by atoms with van der Waals surface area (Å²) in [5, 5.41) is 7.25. The maximum atomic E-state index is 7.25. The third kappa shape index (κ3) is 0.883. The molecule has 50 valence electrons. The predicted molar refractivity (Wildman–Crippen MR) is 31.4 cm³/mol. The first-order chi connectivity index (χ1) is 4.36. The molecule has 2 aliphatic heterocycles. The highest BCUT2D eigenvalue weighted by Gasteiger charge is 2.36. The Balaban J connectivity index is 2.14. The smallest absolute Gasteiger partial charge is 0.309 e. The van der Waals surface area contributed by atoms with Gasteiger partial charge in [-0.2, -0.15) is 0 Å². The van der Waals surface area contributed by atoms with E-state index in [4.69, 9.17) is 19.0 Å². The van der Waals surface area contributed by atoms with Gasteiger partial charge in [-0.3, -0.25) is 0 Å². The van der Waals surface area contributed by atoms with E-state index in [1.165, 1.54) is 0 Å². The third-order valence-corrected chi connectivity index (χ3v) is 2.39. The van der Waals surface area contributed by atoms with Crippen molar-refractivity contribution in [2.45, 2.75) is 6.10 Å². The molecule has 0 aromatic rings. The van der Waals surface area contributed by atoms with Gasteiger partial charge in [-0.15, -0.1) is 0 Å². The third-order valence-electron chi connectivity index (χ3n) is 1.26. The number of hydrogen-bond donors (Lipinski definition) is 1. The van der Waals surface area contributed by atoms with E-state index in [1.807, 2.05) is 0 Å². The zero-order chi connectivity index (χ0) is 6.27. The van der Waals surface area contributed by atoms with Gasteiger partial charge in [-0.25, -0.2) is 0 Å². The van der Waals surface area contributed by atoms with Gasteiger partial charge < -0.3 is 19.0 Å². The summed E-state index contributed by atoms with van der Waals surface area (Å²) in [6.07, 6.45) is -0.107. The van der Waals surface area contributed by atoms with Crippen molar-refractivity contribution in [2.24, 2.45) is 0 Å². The van der Waals surface area contributed by atoms with Crippen LogP contribution in [0.4, 0.5) is 0 Å². The molecule has 0 aromatic heterocycles. The first-order valence-corrected chi connectivity index (χ1v) is 3.76. The Morgan fingerprint density at radius 3 is 3.22 bits per heavy atom. The molecule has 2 saturated heterocycles. The average molecular weight is 147 g/mol. The van der Waals surface area contributed by atoms with E-state index >= 15 is 0 Å². The highest BCUT2D eigenvalue weighted by molar-refractivity contribution is 7.42. The maximum Gasteiger partial charge on any atom is 0.333 e. The van der Waals surface area contributed by atoms with Crippen molar-refractivity contribution in [1.82, 2.24) is 0 Å². The van der Waals surface area contributed by atoms with Crippen LogP contribution in [0.15, 0.2) is 0 Å². The summed E-state index contributed by atoms with van der Waals surface area (Å²) in [5.74, 6) is 0. The summed E-state index contributed by atoms with van der Waals surface area (Å²) in [5.41, 5.74) is 0.492. The first-order valence-electron chi connectivity index (χ1n) is 2.66. The van der Waals surface area contributed by atoms with E-state index in [0.717, 1.165) is 0 Å². The summed E-state index contributed by atoms with van der Waals surface area (Å²) >= 11 is 0. The van der Waals surface area contributed by atoms with Crippen LogP contribution in [0.3, 0.4) is 0 Å². The second-order valence-corrected chi connectivity index (χ2v) is 3.09. The quantitative estimate of drug-likeness (QED) is 0.512. The summed E-state index contributed by atoms with van der Waals surface area (Å²) in [6.45, 7) is 0.890. The molecule has 0 amide bonds. The lowest BCUT2D eigenvalue weighted by Gasteiger charge is -2.16. The van der Waals surface area contributed by atoms with Crippen LogP contribution in [0.1, 0.15) is 0 Å². The Bertz CT molecular complexity index is 151. The molecule has 2 unspecified atom stereocenters. The van der Waals surface area contributed by atoms with E-state index in [1.54, 1.807) is 0 Å². The van der Waals surface area contributed by atoms with E-state index in [0.29, 0.717) is 18.9 Å². The topological polar surface area (TPSA) is 51.5 Å². The molecule has 2 bridgehead atoms. The number of rotatable bonds is 0. The summed E-state index contributed by atoms with van der Waals surface area (Å²) in [6, 6.07) is 0. The van der Waals surface area contributed by atoms with Gasteiger partial charge in [0.15, 0.2) is 0 Å². The Kier molecular flexibility index (Phi) is 1.27. The largest absolute Gasteiger partial charge is 0.333 e. The van der Waals surface area contributed by atoms with E-state index in [9.17, 15) is 0 Å². The van der Waals surface area contributed by atoms with Crippen LogP contribution in [-0.4, -0.2) is 25.0 Å². The Morgan fingerprint density at radius 2 is 2.44 bits per heavy atom. The van der Waals surface area contributed by atoms with E-state index in [-0.39, 0.29) is 6.10 Å². The monoisotopic (exact) mass is 147 g/mol. The molecule has 9 heavy (non-hydrogen) atoms. The van der Waals surface area contributed by atoms with Gasteiger partial charge in [0.1, 0.15) is 6.10 Å². The predicted octanol–water partition coefficient (Wildman–Crippen LogP) is 0.679. The maximum absolute atomic E-state index is 7.25. The Hall–Kier alpha value is -0.0200. The fourth-order valence-electron chi connectivity index (χ4n) is 0.740. The number of nitrogens with one attached hydrogen (secondary N) is 1. The molecular weight excluding hydrogens is 141 g/mol. The van der Waals surface area contributed by atoms with Gasteiger partial charge in [-0.05, 0) is 0 Å². The second kappa shape index (κ2) is 1.99. The normalized spacial score (nSPS) is 41.6. The van der Waals surface area contributed by atoms with Crippen molar-refractivity contribution in [3.8, 4) is 0 Å². The van der Waals surface area contributed by atoms with Crippen LogP contribution in [0.25, 0.3) is 0 Å². The van der Waals surface area contributed by atoms with Crippen LogP contribution in [0.5, 0.6) is 0 Å². The molecule has 0 aromatic carbocycles. The lowest BCUT2D eigenvalue weighted by atomic mass is 10.2. The zero-order valence-corrected chi connectivity index (χ0v) is 5.56. The minimum atomic E-state index is -1.06. The number of fused-ring (bicyclic) bond motifs is 2. The van der Waals surface area contributed by atoms with Gasteiger partial charge in [0.05, 0.1) is 18.9 Å². The van der Waals surface area contributed by atoms with Crippen LogP contribution in [0, 0.1) is 5.41 Å². The van der Waals surface area contributed by atoms with Crippen molar-refractivity contribution in [1.29, 1.82) is 5.41 Å². The molecule has 4 nitrogen and oxygen atoms in total. The number of hydrogen-bond acceptors (Lipinski definition) is 4. The fraction of sp³-hybridized carbons (Fsp3) is 0.750. The van der Waals surface area contributed by atoms with Gasteiger partial charge in [-0.1, -0.05) is 0 Å². The lowest BCUT2D eigenvalue weighted by molar-refractivity contribution is 0.233. The molecule has 2 heterocycles. The van der Waals surface area contributed by atoms with Crippen molar-refractivity contribution in [2.75, 3.05) is 13.2 Å². The van der Waals surface area contributed by atoms with Crippen molar-refractivity contribution in [3.05, 3.63) is 0 Å². The Morgan fingerprint density at radius 1 is 1.56 bits per heavy atom. The minimum absolute atomic E-state index is 0.107. The van der Waals surface area contributed by atoms with Crippen LogP contribution >= 0.6 is 8.60 Å². The van der Waals surface area contributed by atoms with Crippen molar-refractivity contribution < 1.29 is 13.6 Å². The van der Waals surface area contributed by atoms with Gasteiger partial charge in [0, 0.05) is 0 Å². The molecular formula is C4H6NO3P. The first kappa shape index (κ1) is 5.74. The van der Waals surface area contributed by atoms with Gasteiger partial charge in [0.2, 0.25) is 0 Å². The summed E-state index contributed by atoms with van der Waals surface area (Å²) < 4.78 is 15.1. The van der Waals surface area contributed by atoms with Gasteiger partial charge in [0.25, 0.3) is 0 Å². The molecule has 2 aliphatic rings. The molecule has 0 saturated carbocycles. The molecule has 2 atom stereocenters. The molecule has 0 spiro atoms. The lowest BCUT2D eigenvalue weighted by Crippen LogP contribution is -2.27. The minimum Gasteiger partial charge on any atom is -0.309 e. The molecule has 0 radical (unpaired) electrons. The molecule has 2 fully saturated rings. The highest BCUT2D eigenvalue weighted by atomic mass is 31.2. The average Bonchev–Trinajstić information content (AvgIpc) is 2.25. The SMILES string of the molecule is N=C1COP2OCC1O2. The van der Waals surface area contributed by atoms with Crippen molar-refractivity contribution >= 4 is 14.3 Å². The standard InChI is InChI=1S/C4H6NO3P/c5-3-1-6-9-7-2-4(3)8-9/h4-5H,1-2H2. The molecule has 2 rings (SSSR count). The van der Waals surface area contributed by atoms with E-state index in [2.05, 4.69) is 0 Å². The fourth-order valence-corrected chi connectivity index (χ4v) is 1.83. The van der Waals surface area contributed by atoms with Crippen LogP contribution in [-0.2, 0) is 13.6 Å². The summed E-state index contributed by atoms with van der Waals surface area (Å²) in [4.78, 5) is 0. The summed E-state index contributed by atoms with van der Waals surface area (Å²) in [7, 11) is -1.06. The molecule has 5 heteroatoms. The van der Waals surface area contributed by atoms with Gasteiger partial charge >= 0.3 is 8.60 Å². The van der Waals surface area contributed by atoms with Crippen LogP contribution < -0.4 is 0 Å². The Labute approximate surface area is 53.6 Å². The molecule has 1 N–H and O–H groups in total. The molecule has 0 aliphatic carbocycles. The van der Waals surface area contributed by atoms with Crippen LogP contribution in [0.2, 0.25) is 0 Å². The van der Waals surface area contributed by atoms with Crippen molar-refractivity contribution in [3.63, 3.8) is 0 Å². The van der Waals surface area contributed by atoms with E-state index < -0.39 is 8.60 Å². The highest BCUT2D eigenvalue weighted by Crippen LogP contribution is 2.49.